The summed E-state index contributed by atoms with van der Waals surface area (Å²) in [7, 11) is -3.76. The number of benzene rings is 1. The highest BCUT2D eigenvalue weighted by atomic mass is 32.2. The third-order valence-corrected chi connectivity index (χ3v) is 8.11. The third-order valence-electron chi connectivity index (χ3n) is 5.15. The predicted molar refractivity (Wildman–Crippen MR) is 124 cm³/mol. The van der Waals surface area contributed by atoms with Crippen LogP contribution in [0.15, 0.2) is 58.3 Å². The van der Waals surface area contributed by atoms with Crippen LogP contribution in [0.2, 0.25) is 0 Å². The van der Waals surface area contributed by atoms with Crippen LogP contribution in [0.25, 0.3) is 0 Å². The summed E-state index contributed by atoms with van der Waals surface area (Å²) in [5.41, 5.74) is 0.282. The van der Waals surface area contributed by atoms with Crippen molar-refractivity contribution in [3.63, 3.8) is 0 Å². The second-order valence-electron chi connectivity index (χ2n) is 7.35. The van der Waals surface area contributed by atoms with Gasteiger partial charge in [0, 0.05) is 41.7 Å². The van der Waals surface area contributed by atoms with E-state index < -0.39 is 10.0 Å². The van der Waals surface area contributed by atoms with Gasteiger partial charge >= 0.3 is 0 Å². The predicted octanol–water partition coefficient (Wildman–Crippen LogP) is 3.17. The smallest absolute Gasteiger partial charge is 0.253 e. The summed E-state index contributed by atoms with van der Waals surface area (Å²) in [6, 6.07) is 9.72. The molecule has 1 unspecified atom stereocenters. The average Bonchev–Trinajstić information content (AvgIpc) is 3.52. The maximum Gasteiger partial charge on any atom is 0.253 e. The minimum absolute atomic E-state index is 0.0370. The first kappa shape index (κ1) is 22.6. The van der Waals surface area contributed by atoms with Gasteiger partial charge in [-0.25, -0.2) is 18.1 Å². The average molecular weight is 491 g/mol. The van der Waals surface area contributed by atoms with Crippen LogP contribution in [0.3, 0.4) is 0 Å². The molecule has 168 valence electrons. The standard InChI is InChI=1S/C21H22N4O4S3/c26-19(24-21-22-8-11-31-21)16-5-2-9-25(14-16)20(27)15-4-1-7-18(12-15)32(28,29)23-13-17-6-3-10-30-17/h1,3-4,6-8,10-12,16,23H,2,5,9,13-14H2,(H,22,24,26). The Kier molecular flexibility index (Phi) is 6.99. The van der Waals surface area contributed by atoms with E-state index in [4.69, 9.17) is 0 Å². The maximum absolute atomic E-state index is 13.1. The molecule has 1 aromatic carbocycles. The molecule has 1 fully saturated rings. The summed E-state index contributed by atoms with van der Waals surface area (Å²) in [4.78, 5) is 32.2. The number of amides is 2. The van der Waals surface area contributed by atoms with Crippen LogP contribution in [0, 0.1) is 5.92 Å². The van der Waals surface area contributed by atoms with Gasteiger partial charge in [-0.2, -0.15) is 0 Å². The summed E-state index contributed by atoms with van der Waals surface area (Å²) in [6.07, 6.45) is 3.00. The molecule has 0 aliphatic carbocycles. The van der Waals surface area contributed by atoms with E-state index in [2.05, 4.69) is 15.0 Å². The maximum atomic E-state index is 13.1. The second kappa shape index (κ2) is 9.90. The van der Waals surface area contributed by atoms with Crippen molar-refractivity contribution in [1.29, 1.82) is 0 Å². The van der Waals surface area contributed by atoms with Gasteiger partial charge in [-0.15, -0.1) is 22.7 Å². The quantitative estimate of drug-likeness (QED) is 0.529. The summed E-state index contributed by atoms with van der Waals surface area (Å²) in [5, 5.41) is 6.98. The minimum Gasteiger partial charge on any atom is -0.338 e. The fraction of sp³-hybridized carbons (Fsp3) is 0.286. The number of nitrogens with one attached hydrogen (secondary N) is 2. The number of thiophene rings is 1. The van der Waals surface area contributed by atoms with Crippen LogP contribution >= 0.6 is 22.7 Å². The number of anilines is 1. The van der Waals surface area contributed by atoms with Crippen molar-refractivity contribution >= 4 is 49.6 Å². The molecule has 4 rings (SSSR count). The Morgan fingerprint density at radius 1 is 1.16 bits per heavy atom. The number of thiazole rings is 1. The van der Waals surface area contributed by atoms with E-state index in [1.165, 1.54) is 34.8 Å². The Morgan fingerprint density at radius 2 is 2.03 bits per heavy atom. The van der Waals surface area contributed by atoms with Crippen molar-refractivity contribution < 1.29 is 18.0 Å². The second-order valence-corrected chi connectivity index (χ2v) is 11.0. The zero-order valence-electron chi connectivity index (χ0n) is 17.1. The molecule has 32 heavy (non-hydrogen) atoms. The molecular formula is C21H22N4O4S3. The molecule has 2 aromatic heterocycles. The van der Waals surface area contributed by atoms with E-state index in [0.29, 0.717) is 24.5 Å². The SMILES string of the molecule is O=C(Nc1nccs1)C1CCCN(C(=O)c2cccc(S(=O)(=O)NCc3cccs3)c2)C1. The van der Waals surface area contributed by atoms with Crippen molar-refractivity contribution in [2.45, 2.75) is 24.3 Å². The monoisotopic (exact) mass is 490 g/mol. The number of carbonyl (C=O) groups is 2. The van der Waals surface area contributed by atoms with E-state index in [1.54, 1.807) is 28.6 Å². The number of sulfonamides is 1. The van der Waals surface area contributed by atoms with Crippen molar-refractivity contribution in [2.24, 2.45) is 5.92 Å². The molecule has 3 heterocycles. The molecule has 2 amide bonds. The summed E-state index contributed by atoms with van der Waals surface area (Å²) in [5.74, 6) is -0.783. The van der Waals surface area contributed by atoms with Crippen LogP contribution in [0.1, 0.15) is 28.1 Å². The van der Waals surface area contributed by atoms with Gasteiger partial charge < -0.3 is 10.2 Å². The first-order valence-corrected chi connectivity index (χ1v) is 13.3. The number of nitrogens with zero attached hydrogens (tertiary/aromatic N) is 2. The van der Waals surface area contributed by atoms with Gasteiger partial charge in [0.1, 0.15) is 0 Å². The van der Waals surface area contributed by atoms with E-state index in [9.17, 15) is 18.0 Å². The lowest BCUT2D eigenvalue weighted by Crippen LogP contribution is -2.43. The van der Waals surface area contributed by atoms with Gasteiger partial charge in [-0.1, -0.05) is 12.1 Å². The highest BCUT2D eigenvalue weighted by Crippen LogP contribution is 2.22. The van der Waals surface area contributed by atoms with Gasteiger partial charge in [0.15, 0.2) is 5.13 Å². The lowest BCUT2D eigenvalue weighted by molar-refractivity contribution is -0.121. The fourth-order valence-corrected chi connectivity index (χ4v) is 5.83. The van der Waals surface area contributed by atoms with E-state index in [0.717, 1.165) is 4.88 Å². The van der Waals surface area contributed by atoms with Crippen molar-refractivity contribution in [2.75, 3.05) is 18.4 Å². The molecule has 1 aliphatic heterocycles. The Labute approximate surface area is 194 Å². The first-order valence-electron chi connectivity index (χ1n) is 10.0. The molecule has 8 nitrogen and oxygen atoms in total. The van der Waals surface area contributed by atoms with Crippen LogP contribution in [0.4, 0.5) is 5.13 Å². The highest BCUT2D eigenvalue weighted by molar-refractivity contribution is 7.89. The molecule has 0 bridgehead atoms. The molecule has 0 spiro atoms. The number of hydrogen-bond acceptors (Lipinski definition) is 7. The number of piperidine rings is 1. The Balaban J connectivity index is 1.43. The van der Waals surface area contributed by atoms with Gasteiger partial charge in [0.2, 0.25) is 15.9 Å². The first-order chi connectivity index (χ1) is 15.4. The summed E-state index contributed by atoms with van der Waals surface area (Å²) >= 11 is 2.81. The number of hydrogen-bond donors (Lipinski definition) is 2. The van der Waals surface area contributed by atoms with Crippen LogP contribution in [-0.4, -0.2) is 43.2 Å². The zero-order chi connectivity index (χ0) is 22.6. The van der Waals surface area contributed by atoms with Gasteiger partial charge in [-0.05, 0) is 42.5 Å². The van der Waals surface area contributed by atoms with Crippen molar-refractivity contribution in [3.05, 3.63) is 63.8 Å². The Hall–Kier alpha value is -2.60. The van der Waals surface area contributed by atoms with Crippen LogP contribution in [0.5, 0.6) is 0 Å². The van der Waals surface area contributed by atoms with Crippen molar-refractivity contribution in [3.8, 4) is 0 Å². The lowest BCUT2D eigenvalue weighted by Gasteiger charge is -2.32. The Bertz CT molecular complexity index is 1180. The number of aromatic nitrogens is 1. The molecular weight excluding hydrogens is 468 g/mol. The number of likely N-dealkylation sites (tertiary alicyclic amines) is 1. The normalized spacial score (nSPS) is 16.6. The zero-order valence-corrected chi connectivity index (χ0v) is 19.5. The topological polar surface area (TPSA) is 108 Å². The van der Waals surface area contributed by atoms with E-state index >= 15 is 0 Å². The van der Waals surface area contributed by atoms with Crippen molar-refractivity contribution in [1.82, 2.24) is 14.6 Å². The molecule has 1 atom stereocenters. The molecule has 3 aromatic rings. The number of rotatable bonds is 7. The van der Waals surface area contributed by atoms with Crippen LogP contribution in [-0.2, 0) is 21.4 Å². The fourth-order valence-electron chi connectivity index (χ4n) is 3.51. The van der Waals surface area contributed by atoms with Crippen LogP contribution < -0.4 is 10.0 Å². The van der Waals surface area contributed by atoms with Gasteiger partial charge in [0.25, 0.3) is 5.91 Å². The molecule has 1 aliphatic rings. The number of carbonyl (C=O) groups excluding carboxylic acids is 2. The van der Waals surface area contributed by atoms with E-state index in [1.807, 2.05) is 17.5 Å². The molecule has 1 saturated heterocycles. The highest BCUT2D eigenvalue weighted by Gasteiger charge is 2.29. The molecule has 2 N–H and O–H groups in total. The Morgan fingerprint density at radius 3 is 2.78 bits per heavy atom. The van der Waals surface area contributed by atoms with Gasteiger partial charge in [-0.3, -0.25) is 9.59 Å². The molecule has 11 heteroatoms. The molecule has 0 saturated carbocycles. The minimum atomic E-state index is -3.76. The van der Waals surface area contributed by atoms with Gasteiger partial charge in [0.05, 0.1) is 10.8 Å². The molecule has 0 radical (unpaired) electrons. The largest absolute Gasteiger partial charge is 0.338 e. The third kappa shape index (κ3) is 5.41. The lowest BCUT2D eigenvalue weighted by atomic mass is 9.96. The summed E-state index contributed by atoms with van der Waals surface area (Å²) < 4.78 is 27.9. The van der Waals surface area contributed by atoms with E-state index in [-0.39, 0.29) is 41.3 Å². The summed E-state index contributed by atoms with van der Waals surface area (Å²) in [6.45, 7) is 0.997.